The first-order valence-electron chi connectivity index (χ1n) is 5.69. The van der Waals surface area contributed by atoms with E-state index in [0.717, 1.165) is 11.3 Å². The number of aromatic nitrogens is 1. The summed E-state index contributed by atoms with van der Waals surface area (Å²) in [6.07, 6.45) is 1.70. The predicted molar refractivity (Wildman–Crippen MR) is 69.8 cm³/mol. The second kappa shape index (κ2) is 4.68. The monoisotopic (exact) mass is 236 g/mol. The van der Waals surface area contributed by atoms with E-state index in [2.05, 4.69) is 44.9 Å². The van der Waals surface area contributed by atoms with Crippen molar-refractivity contribution in [3.8, 4) is 0 Å². The molecule has 0 aliphatic rings. The largest absolute Gasteiger partial charge is 0.412 e. The van der Waals surface area contributed by atoms with E-state index in [9.17, 15) is 0 Å². The topological polar surface area (TPSA) is 22.1 Å². The van der Waals surface area contributed by atoms with E-state index in [1.807, 2.05) is 13.0 Å². The van der Waals surface area contributed by atoms with Crippen LogP contribution in [0.4, 0.5) is 0 Å². The lowest BCUT2D eigenvalue weighted by Gasteiger charge is -2.36. The van der Waals surface area contributed by atoms with Gasteiger partial charge in [-0.2, -0.15) is 0 Å². The predicted octanol–water partition coefficient (Wildman–Crippen LogP) is 3.71. The van der Waals surface area contributed by atoms with Crippen LogP contribution in [0.2, 0.25) is 18.1 Å². The van der Waals surface area contributed by atoms with Gasteiger partial charge in [-0.1, -0.05) is 20.8 Å². The Labute approximate surface area is 100 Å². The van der Waals surface area contributed by atoms with E-state index in [-0.39, 0.29) is 5.04 Å². The number of hydrogen-bond donors (Lipinski definition) is 0. The van der Waals surface area contributed by atoms with Crippen LogP contribution in [0.25, 0.3) is 0 Å². The lowest BCUT2D eigenvalue weighted by Crippen LogP contribution is -2.40. The van der Waals surface area contributed by atoms with Crippen LogP contribution in [0.5, 0.6) is 0 Å². The molecule has 0 atom stereocenters. The van der Waals surface area contributed by atoms with Crippen LogP contribution in [-0.4, -0.2) is 13.3 Å². The molecule has 0 spiro atoms. The molecule has 3 heteroatoms. The van der Waals surface area contributed by atoms with Crippen LogP contribution in [0.3, 0.4) is 0 Å². The molecule has 1 heterocycles. The molecule has 0 bridgehead atoms. The molecule has 16 heavy (non-hydrogen) atoms. The molecule has 89 valence electrons. The van der Waals surface area contributed by atoms with Crippen molar-refractivity contribution in [1.29, 1.82) is 0 Å². The molecule has 0 amide bonds. The lowest BCUT2D eigenvalue weighted by atomic mass is 10.2. The zero-order valence-corrected chi connectivity index (χ0v) is 12.2. The smallest absolute Gasteiger partial charge is 0.192 e. The van der Waals surface area contributed by atoms with Crippen molar-refractivity contribution in [1.82, 2.24) is 4.98 Å². The molecular weight excluding hydrogens is 214 g/mol. The Bertz CT molecular complexity index is 355. The maximum Gasteiger partial charge on any atom is 0.192 e. The van der Waals surface area contributed by atoms with Crippen LogP contribution < -0.4 is 0 Å². The van der Waals surface area contributed by atoms with Gasteiger partial charge in [-0.3, -0.25) is 4.98 Å². The van der Waals surface area contributed by atoms with E-state index in [1.165, 1.54) is 0 Å². The summed E-state index contributed by atoms with van der Waals surface area (Å²) in [6.45, 7) is 14.0. The highest BCUT2D eigenvalue weighted by molar-refractivity contribution is 6.74. The third kappa shape index (κ3) is 3.16. The third-order valence-electron chi connectivity index (χ3n) is 3.45. The normalized spacial score (nSPS) is 12.9. The minimum atomic E-state index is -1.65. The molecular formula is C13H22NOSi. The van der Waals surface area contributed by atoms with Gasteiger partial charge in [0, 0.05) is 18.0 Å². The maximum atomic E-state index is 6.14. The molecule has 0 aromatic carbocycles. The zero-order valence-electron chi connectivity index (χ0n) is 11.2. The van der Waals surface area contributed by atoms with Crippen LogP contribution in [0.1, 0.15) is 32.0 Å². The average Bonchev–Trinajstić information content (AvgIpc) is 2.15. The summed E-state index contributed by atoms with van der Waals surface area (Å²) in [5.74, 6) is 0. The van der Waals surface area contributed by atoms with Gasteiger partial charge in [0.05, 0.1) is 6.61 Å². The number of rotatable bonds is 3. The first-order valence-corrected chi connectivity index (χ1v) is 8.60. The fourth-order valence-electron chi connectivity index (χ4n) is 1.08. The highest BCUT2D eigenvalue weighted by atomic mass is 28.4. The van der Waals surface area contributed by atoms with Crippen LogP contribution in [-0.2, 0) is 11.0 Å². The zero-order chi connectivity index (χ0) is 12.4. The third-order valence-corrected chi connectivity index (χ3v) is 7.93. The van der Waals surface area contributed by atoms with E-state index in [4.69, 9.17) is 4.43 Å². The van der Waals surface area contributed by atoms with Crippen LogP contribution in [0, 0.1) is 13.0 Å². The van der Waals surface area contributed by atoms with Crippen molar-refractivity contribution in [2.75, 3.05) is 0 Å². The van der Waals surface area contributed by atoms with Gasteiger partial charge in [-0.05, 0) is 36.7 Å². The van der Waals surface area contributed by atoms with Gasteiger partial charge in [0.1, 0.15) is 0 Å². The van der Waals surface area contributed by atoms with E-state index >= 15 is 0 Å². The quantitative estimate of drug-likeness (QED) is 0.746. The Morgan fingerprint density at radius 1 is 1.38 bits per heavy atom. The van der Waals surface area contributed by atoms with Gasteiger partial charge in [0.15, 0.2) is 8.32 Å². The fourth-order valence-corrected chi connectivity index (χ4v) is 2.03. The molecule has 0 unspecified atom stereocenters. The van der Waals surface area contributed by atoms with Crippen molar-refractivity contribution < 1.29 is 4.43 Å². The molecule has 2 nitrogen and oxygen atoms in total. The first-order chi connectivity index (χ1) is 7.24. The Morgan fingerprint density at radius 2 is 2.00 bits per heavy atom. The molecule has 1 radical (unpaired) electrons. The van der Waals surface area contributed by atoms with Gasteiger partial charge in [-0.25, -0.2) is 0 Å². The van der Waals surface area contributed by atoms with Crippen LogP contribution in [0.15, 0.2) is 12.3 Å². The second-order valence-electron chi connectivity index (χ2n) is 5.73. The fraction of sp³-hybridized carbons (Fsp3) is 0.615. The highest BCUT2D eigenvalue weighted by Crippen LogP contribution is 2.37. The maximum absolute atomic E-state index is 6.14. The molecule has 0 aliphatic heterocycles. The number of pyridine rings is 1. The van der Waals surface area contributed by atoms with Gasteiger partial charge in [-0.15, -0.1) is 0 Å². The summed E-state index contributed by atoms with van der Waals surface area (Å²) >= 11 is 0. The average molecular weight is 236 g/mol. The number of nitrogens with zero attached hydrogens (tertiary/aromatic N) is 1. The standard InChI is InChI=1S/C13H22NOSi/c1-11-12(8-7-9-14-11)10-15-16(5,6)13(2,3)4/h8-9H,10H2,1-6H3. The molecule has 0 aliphatic carbocycles. The number of aryl methyl sites for hydroxylation is 1. The minimum absolute atomic E-state index is 0.257. The molecule has 1 aromatic rings. The molecule has 0 N–H and O–H groups in total. The van der Waals surface area contributed by atoms with Gasteiger partial charge >= 0.3 is 0 Å². The van der Waals surface area contributed by atoms with Crippen molar-refractivity contribution >= 4 is 8.32 Å². The van der Waals surface area contributed by atoms with Gasteiger partial charge in [0.2, 0.25) is 0 Å². The summed E-state index contributed by atoms with van der Waals surface area (Å²) in [6, 6.07) is 4.97. The van der Waals surface area contributed by atoms with Crippen molar-refractivity contribution in [2.45, 2.75) is 52.4 Å². The molecule has 0 fully saturated rings. The number of hydrogen-bond acceptors (Lipinski definition) is 2. The van der Waals surface area contributed by atoms with Crippen molar-refractivity contribution in [3.63, 3.8) is 0 Å². The van der Waals surface area contributed by atoms with Gasteiger partial charge < -0.3 is 4.43 Å². The Balaban J connectivity index is 2.69. The van der Waals surface area contributed by atoms with Gasteiger partial charge in [0.25, 0.3) is 0 Å². The Morgan fingerprint density at radius 3 is 2.50 bits per heavy atom. The van der Waals surface area contributed by atoms with E-state index in [0.29, 0.717) is 6.61 Å². The molecule has 1 aromatic heterocycles. The van der Waals surface area contributed by atoms with E-state index in [1.54, 1.807) is 6.20 Å². The first kappa shape index (κ1) is 13.4. The molecule has 0 saturated heterocycles. The molecule has 1 rings (SSSR count). The van der Waals surface area contributed by atoms with E-state index < -0.39 is 8.32 Å². The lowest BCUT2D eigenvalue weighted by molar-refractivity contribution is 0.275. The van der Waals surface area contributed by atoms with Crippen molar-refractivity contribution in [3.05, 3.63) is 29.6 Å². The Kier molecular flexibility index (Phi) is 3.91. The summed E-state index contributed by atoms with van der Waals surface area (Å²) in [5, 5.41) is 0.257. The summed E-state index contributed by atoms with van der Waals surface area (Å²) in [5.41, 5.74) is 2.18. The summed E-state index contributed by atoms with van der Waals surface area (Å²) in [7, 11) is -1.65. The van der Waals surface area contributed by atoms with Crippen molar-refractivity contribution in [2.24, 2.45) is 0 Å². The minimum Gasteiger partial charge on any atom is -0.412 e. The van der Waals surface area contributed by atoms with Crippen LogP contribution >= 0.6 is 0 Å². The molecule has 0 saturated carbocycles. The SMILES string of the molecule is Cc1nc[c]cc1CO[Si](C)(C)C(C)(C)C. The Hall–Kier alpha value is -0.673. The second-order valence-corrected chi connectivity index (χ2v) is 10.5. The summed E-state index contributed by atoms with van der Waals surface area (Å²) < 4.78 is 6.14. The summed E-state index contributed by atoms with van der Waals surface area (Å²) in [4.78, 5) is 4.22. The highest BCUT2D eigenvalue weighted by Gasteiger charge is 2.37.